The van der Waals surface area contributed by atoms with Crippen molar-refractivity contribution in [2.24, 2.45) is 5.92 Å². The van der Waals surface area contributed by atoms with Crippen LogP contribution in [-0.2, 0) is 0 Å². The van der Waals surface area contributed by atoms with Crippen molar-refractivity contribution in [1.29, 1.82) is 0 Å². The molecule has 0 radical (unpaired) electrons. The summed E-state index contributed by atoms with van der Waals surface area (Å²) < 4.78 is 0. The summed E-state index contributed by atoms with van der Waals surface area (Å²) in [6.07, 6.45) is 3.37. The number of rotatable bonds is 2. The van der Waals surface area contributed by atoms with E-state index in [1.807, 2.05) is 30.0 Å². The minimum absolute atomic E-state index is 0.0122. The molecule has 3 heterocycles. The van der Waals surface area contributed by atoms with Crippen molar-refractivity contribution >= 4 is 28.6 Å². The zero-order chi connectivity index (χ0) is 19.0. The van der Waals surface area contributed by atoms with Crippen LogP contribution >= 0.6 is 11.3 Å². The summed E-state index contributed by atoms with van der Waals surface area (Å²) in [5, 5.41) is 0.671. The van der Waals surface area contributed by atoms with E-state index in [1.54, 1.807) is 18.5 Å². The Labute approximate surface area is 162 Å². The molecule has 1 unspecified atom stereocenters. The summed E-state index contributed by atoms with van der Waals surface area (Å²) in [4.78, 5) is 31.3. The lowest BCUT2D eigenvalue weighted by molar-refractivity contribution is 0.0987. The van der Waals surface area contributed by atoms with Gasteiger partial charge in [0.05, 0.1) is 17.1 Å². The molecule has 1 atom stereocenters. The zero-order valence-electron chi connectivity index (χ0n) is 15.6. The predicted octanol–water partition coefficient (Wildman–Crippen LogP) is 3.64. The lowest BCUT2D eigenvalue weighted by atomic mass is 10.1. The molecule has 0 saturated carbocycles. The first-order chi connectivity index (χ1) is 13.0. The summed E-state index contributed by atoms with van der Waals surface area (Å²) >= 11 is 1.36. The number of anilines is 2. The van der Waals surface area contributed by atoms with Crippen LogP contribution in [0.2, 0.25) is 0 Å². The number of fused-ring (bicyclic) bond motifs is 1. The number of amides is 1. The molecule has 0 saturated heterocycles. The van der Waals surface area contributed by atoms with Gasteiger partial charge >= 0.3 is 0 Å². The molecule has 0 N–H and O–H groups in total. The van der Waals surface area contributed by atoms with Crippen LogP contribution in [0, 0.1) is 12.8 Å². The molecular weight excluding hydrogens is 358 g/mol. The first-order valence-electron chi connectivity index (χ1n) is 8.91. The highest BCUT2D eigenvalue weighted by Gasteiger charge is 2.29. The molecule has 1 aliphatic heterocycles. The van der Waals surface area contributed by atoms with Crippen molar-refractivity contribution < 1.29 is 4.79 Å². The maximum atomic E-state index is 13.5. The number of carbonyl (C=O) groups is 1. The number of carbonyl (C=O) groups excluding carboxylic acids is 1. The van der Waals surface area contributed by atoms with E-state index >= 15 is 0 Å². The van der Waals surface area contributed by atoms with Crippen molar-refractivity contribution in [3.63, 3.8) is 0 Å². The van der Waals surface area contributed by atoms with Gasteiger partial charge in [0.2, 0.25) is 0 Å². The number of aryl methyl sites for hydroxylation is 1. The van der Waals surface area contributed by atoms with E-state index in [9.17, 15) is 4.79 Å². The van der Waals surface area contributed by atoms with E-state index in [0.29, 0.717) is 28.2 Å². The third-order valence-electron chi connectivity index (χ3n) is 4.66. The highest BCUT2D eigenvalue weighted by atomic mass is 32.1. The average molecular weight is 379 g/mol. The summed E-state index contributed by atoms with van der Waals surface area (Å²) in [5.74, 6) is 0.896. The van der Waals surface area contributed by atoms with Gasteiger partial charge in [0.1, 0.15) is 4.88 Å². The van der Waals surface area contributed by atoms with E-state index in [1.165, 1.54) is 11.3 Å². The van der Waals surface area contributed by atoms with E-state index in [0.717, 1.165) is 23.6 Å². The van der Waals surface area contributed by atoms with E-state index in [4.69, 9.17) is 0 Å². The van der Waals surface area contributed by atoms with Crippen molar-refractivity contribution in [2.45, 2.75) is 13.8 Å². The summed E-state index contributed by atoms with van der Waals surface area (Å²) in [7, 11) is 2.08. The molecule has 138 valence electrons. The molecule has 7 heteroatoms. The monoisotopic (exact) mass is 379 g/mol. The molecule has 0 fully saturated rings. The minimum Gasteiger partial charge on any atom is -0.373 e. The first-order valence-corrected chi connectivity index (χ1v) is 9.73. The fourth-order valence-corrected chi connectivity index (χ4v) is 4.43. The van der Waals surface area contributed by atoms with Gasteiger partial charge in [-0.2, -0.15) is 0 Å². The van der Waals surface area contributed by atoms with Crippen LogP contribution in [0.4, 0.5) is 11.4 Å². The van der Waals surface area contributed by atoms with Crippen molar-refractivity contribution in [3.8, 4) is 10.8 Å². The van der Waals surface area contributed by atoms with Crippen LogP contribution in [0.25, 0.3) is 10.8 Å². The van der Waals surface area contributed by atoms with E-state index in [-0.39, 0.29) is 5.91 Å². The number of thiazole rings is 1. The van der Waals surface area contributed by atoms with Crippen LogP contribution in [-0.4, -0.2) is 41.0 Å². The second-order valence-electron chi connectivity index (χ2n) is 6.90. The van der Waals surface area contributed by atoms with Gasteiger partial charge < -0.3 is 9.80 Å². The van der Waals surface area contributed by atoms with Crippen LogP contribution in [0.3, 0.4) is 0 Å². The molecule has 2 aromatic heterocycles. The van der Waals surface area contributed by atoms with Crippen LogP contribution in [0.5, 0.6) is 0 Å². The molecule has 3 aromatic rings. The van der Waals surface area contributed by atoms with Crippen LogP contribution in [0.15, 0.2) is 42.7 Å². The number of aromatic nitrogens is 3. The molecule has 4 rings (SSSR count). The second-order valence-corrected chi connectivity index (χ2v) is 7.90. The molecule has 0 aliphatic carbocycles. The van der Waals surface area contributed by atoms with E-state index in [2.05, 4.69) is 39.9 Å². The third-order valence-corrected chi connectivity index (χ3v) is 5.80. The number of benzene rings is 1. The Balaban J connectivity index is 1.74. The molecular formula is C20H21N5OS. The SMILES string of the molecule is Cc1nc(-c2ncccn2)sc1C(=O)N1CC(C)CN(C)c2ccccc21. The van der Waals surface area contributed by atoms with Crippen molar-refractivity contribution in [3.05, 3.63) is 53.3 Å². The fraction of sp³-hybridized carbons (Fsp3) is 0.300. The molecule has 1 aliphatic rings. The number of hydrogen-bond donors (Lipinski definition) is 0. The Kier molecular flexibility index (Phi) is 4.61. The average Bonchev–Trinajstić information content (AvgIpc) is 3.02. The van der Waals surface area contributed by atoms with Gasteiger partial charge in [0.25, 0.3) is 5.91 Å². The maximum absolute atomic E-state index is 13.5. The Morgan fingerprint density at radius 3 is 2.56 bits per heavy atom. The van der Waals surface area contributed by atoms with Gasteiger partial charge in [-0.25, -0.2) is 15.0 Å². The van der Waals surface area contributed by atoms with Crippen LogP contribution < -0.4 is 9.80 Å². The standard InChI is InChI=1S/C20H21N5OS/c1-13-11-24(3)15-7-4-5-8-16(15)25(12-13)20(26)17-14(2)23-19(27-17)18-21-9-6-10-22-18/h4-10,13H,11-12H2,1-3H3. The highest BCUT2D eigenvalue weighted by molar-refractivity contribution is 7.17. The Morgan fingerprint density at radius 2 is 1.81 bits per heavy atom. The number of para-hydroxylation sites is 2. The minimum atomic E-state index is -0.0122. The Hall–Kier alpha value is -2.80. The lowest BCUT2D eigenvalue weighted by Gasteiger charge is -2.24. The summed E-state index contributed by atoms with van der Waals surface area (Å²) in [6.45, 7) is 5.63. The molecule has 6 nitrogen and oxygen atoms in total. The normalized spacial score (nSPS) is 16.8. The predicted molar refractivity (Wildman–Crippen MR) is 108 cm³/mol. The first kappa shape index (κ1) is 17.6. The Morgan fingerprint density at radius 1 is 1.11 bits per heavy atom. The largest absolute Gasteiger partial charge is 0.373 e. The van der Waals surface area contributed by atoms with Gasteiger partial charge in [-0.15, -0.1) is 11.3 Å². The van der Waals surface area contributed by atoms with Gasteiger partial charge in [-0.3, -0.25) is 4.79 Å². The molecule has 27 heavy (non-hydrogen) atoms. The quantitative estimate of drug-likeness (QED) is 0.680. The summed E-state index contributed by atoms with van der Waals surface area (Å²) in [6, 6.07) is 9.83. The fourth-order valence-electron chi connectivity index (χ4n) is 3.46. The molecule has 0 bridgehead atoms. The van der Waals surface area contributed by atoms with E-state index < -0.39 is 0 Å². The highest BCUT2D eigenvalue weighted by Crippen LogP contribution is 2.35. The van der Waals surface area contributed by atoms with Crippen LogP contribution in [0.1, 0.15) is 22.3 Å². The van der Waals surface area contributed by atoms with Crippen molar-refractivity contribution in [1.82, 2.24) is 15.0 Å². The Bertz CT molecular complexity index is 972. The van der Waals surface area contributed by atoms with Gasteiger partial charge in [-0.05, 0) is 31.0 Å². The van der Waals surface area contributed by atoms with Gasteiger partial charge in [0.15, 0.2) is 10.8 Å². The lowest BCUT2D eigenvalue weighted by Crippen LogP contribution is -2.34. The van der Waals surface area contributed by atoms with Gasteiger partial charge in [-0.1, -0.05) is 19.1 Å². The molecule has 1 aromatic carbocycles. The van der Waals surface area contributed by atoms with Gasteiger partial charge in [0, 0.05) is 32.5 Å². The second kappa shape index (κ2) is 7.08. The number of hydrogen-bond acceptors (Lipinski definition) is 6. The summed E-state index contributed by atoms with van der Waals surface area (Å²) in [5.41, 5.74) is 2.74. The number of nitrogens with zero attached hydrogens (tertiary/aromatic N) is 5. The molecule has 1 amide bonds. The van der Waals surface area contributed by atoms with Crippen molar-refractivity contribution in [2.75, 3.05) is 29.9 Å². The molecule has 0 spiro atoms. The smallest absolute Gasteiger partial charge is 0.270 e. The zero-order valence-corrected chi connectivity index (χ0v) is 16.4. The third kappa shape index (κ3) is 3.30. The topological polar surface area (TPSA) is 62.2 Å². The maximum Gasteiger partial charge on any atom is 0.270 e.